The molecule has 2 N–H and O–H groups in total. The third-order valence-corrected chi connectivity index (χ3v) is 3.39. The number of rotatable bonds is 4. The van der Waals surface area contributed by atoms with Gasteiger partial charge in [-0.3, -0.25) is 24.2 Å². The minimum absolute atomic E-state index is 0.141. The molecular formula is C12H17N3O5. The smallest absolute Gasteiger partial charge is 0.325 e. The van der Waals surface area contributed by atoms with Gasteiger partial charge in [0.25, 0.3) is 5.91 Å². The number of aliphatic hydroxyl groups is 1. The quantitative estimate of drug-likeness (QED) is 0.499. The number of aliphatic hydroxyl groups excluding tert-OH is 1. The average molecular weight is 283 g/mol. The number of imide groups is 2. The van der Waals surface area contributed by atoms with Crippen LogP contribution in [0.4, 0.5) is 4.79 Å². The van der Waals surface area contributed by atoms with Crippen LogP contribution in [0, 0.1) is 0 Å². The lowest BCUT2D eigenvalue weighted by molar-refractivity contribution is -0.140. The first kappa shape index (κ1) is 14.4. The molecule has 1 atom stereocenters. The Morgan fingerprint density at radius 3 is 2.05 bits per heavy atom. The van der Waals surface area contributed by atoms with E-state index in [9.17, 15) is 24.3 Å². The summed E-state index contributed by atoms with van der Waals surface area (Å²) in [7, 11) is 0. The predicted molar refractivity (Wildman–Crippen MR) is 66.3 cm³/mol. The fourth-order valence-corrected chi connectivity index (χ4v) is 2.29. The maximum Gasteiger partial charge on any atom is 0.325 e. The number of urea groups is 1. The third kappa shape index (κ3) is 2.51. The molecule has 0 saturated carbocycles. The van der Waals surface area contributed by atoms with Crippen LogP contribution < -0.4 is 5.32 Å². The molecule has 110 valence electrons. The van der Waals surface area contributed by atoms with Gasteiger partial charge in [0.1, 0.15) is 5.54 Å². The molecule has 2 saturated heterocycles. The first-order valence-corrected chi connectivity index (χ1v) is 6.38. The predicted octanol–water partition coefficient (Wildman–Crippen LogP) is -1.17. The van der Waals surface area contributed by atoms with E-state index < -0.39 is 23.6 Å². The maximum absolute atomic E-state index is 11.9. The standard InChI is InChI=1S/C12H17N3O5/c1-12(2)10(19)15(11(20)13-12)6-7(16)5-14-8(17)3-4-9(14)18/h7,16H,3-6H2,1-2H3,(H,13,20)/t7-/m1/s1. The zero-order valence-electron chi connectivity index (χ0n) is 11.4. The van der Waals surface area contributed by atoms with Crippen LogP contribution in [0.15, 0.2) is 0 Å². The fraction of sp³-hybridized carbons (Fsp3) is 0.667. The SMILES string of the molecule is CC1(C)NC(=O)N(C[C@H](O)CN2C(=O)CCC2=O)C1=O. The van der Waals surface area contributed by atoms with Gasteiger partial charge in [-0.1, -0.05) is 0 Å². The summed E-state index contributed by atoms with van der Waals surface area (Å²) in [6.45, 7) is 2.68. The second-order valence-corrected chi connectivity index (χ2v) is 5.52. The van der Waals surface area contributed by atoms with Gasteiger partial charge in [0, 0.05) is 12.8 Å². The summed E-state index contributed by atoms with van der Waals surface area (Å²) < 4.78 is 0. The van der Waals surface area contributed by atoms with E-state index in [0.717, 1.165) is 9.80 Å². The van der Waals surface area contributed by atoms with E-state index >= 15 is 0 Å². The minimum atomic E-state index is -1.15. The monoisotopic (exact) mass is 283 g/mol. The van der Waals surface area contributed by atoms with Crippen molar-refractivity contribution in [2.75, 3.05) is 13.1 Å². The highest BCUT2D eigenvalue weighted by molar-refractivity contribution is 6.06. The van der Waals surface area contributed by atoms with Crippen molar-refractivity contribution in [2.24, 2.45) is 0 Å². The Morgan fingerprint density at radius 1 is 1.10 bits per heavy atom. The molecule has 0 spiro atoms. The molecule has 0 bridgehead atoms. The Morgan fingerprint density at radius 2 is 1.60 bits per heavy atom. The molecule has 0 aromatic rings. The molecule has 2 aliphatic heterocycles. The van der Waals surface area contributed by atoms with E-state index in [1.54, 1.807) is 13.8 Å². The summed E-state index contributed by atoms with van der Waals surface area (Å²) in [5, 5.41) is 12.4. The molecule has 8 nitrogen and oxygen atoms in total. The van der Waals surface area contributed by atoms with Crippen molar-refractivity contribution < 1.29 is 24.3 Å². The Bertz CT molecular complexity index is 471. The highest BCUT2D eigenvalue weighted by atomic mass is 16.3. The molecule has 0 radical (unpaired) electrons. The number of hydrogen-bond donors (Lipinski definition) is 2. The van der Waals surface area contributed by atoms with Crippen molar-refractivity contribution in [3.8, 4) is 0 Å². The molecule has 5 amide bonds. The van der Waals surface area contributed by atoms with E-state index in [1.807, 2.05) is 0 Å². The normalized spacial score (nSPS) is 23.6. The van der Waals surface area contributed by atoms with Crippen molar-refractivity contribution in [2.45, 2.75) is 38.3 Å². The average Bonchev–Trinajstić information content (AvgIpc) is 2.74. The number of likely N-dealkylation sites (tertiary alicyclic amines) is 1. The van der Waals surface area contributed by atoms with Crippen LogP contribution in [-0.4, -0.2) is 63.4 Å². The van der Waals surface area contributed by atoms with E-state index in [1.165, 1.54) is 0 Å². The molecule has 0 aromatic heterocycles. The van der Waals surface area contributed by atoms with Crippen LogP contribution in [0.5, 0.6) is 0 Å². The van der Waals surface area contributed by atoms with Gasteiger partial charge in [-0.15, -0.1) is 0 Å². The van der Waals surface area contributed by atoms with E-state index in [4.69, 9.17) is 0 Å². The van der Waals surface area contributed by atoms with Gasteiger partial charge < -0.3 is 10.4 Å². The number of nitrogens with zero attached hydrogens (tertiary/aromatic N) is 2. The summed E-state index contributed by atoms with van der Waals surface area (Å²) in [6, 6.07) is -0.585. The molecule has 20 heavy (non-hydrogen) atoms. The number of carbonyl (C=O) groups is 4. The Balaban J connectivity index is 1.97. The van der Waals surface area contributed by atoms with Gasteiger partial charge in [-0.25, -0.2) is 4.79 Å². The van der Waals surface area contributed by atoms with Crippen LogP contribution in [0.2, 0.25) is 0 Å². The van der Waals surface area contributed by atoms with Crippen molar-refractivity contribution in [3.63, 3.8) is 0 Å². The van der Waals surface area contributed by atoms with Crippen LogP contribution in [0.1, 0.15) is 26.7 Å². The highest BCUT2D eigenvalue weighted by Gasteiger charge is 2.45. The number of nitrogens with one attached hydrogen (secondary N) is 1. The Hall–Kier alpha value is -1.96. The number of amides is 5. The van der Waals surface area contributed by atoms with Crippen LogP contribution in [-0.2, 0) is 14.4 Å². The molecule has 0 aliphatic carbocycles. The first-order chi connectivity index (χ1) is 9.22. The van der Waals surface area contributed by atoms with E-state index in [0.29, 0.717) is 0 Å². The van der Waals surface area contributed by atoms with Crippen molar-refractivity contribution in [1.82, 2.24) is 15.1 Å². The maximum atomic E-state index is 11.9. The molecule has 2 fully saturated rings. The fourth-order valence-electron chi connectivity index (χ4n) is 2.29. The zero-order valence-corrected chi connectivity index (χ0v) is 11.4. The summed E-state index contributed by atoms with van der Waals surface area (Å²) in [6.07, 6.45) is -0.867. The molecule has 0 unspecified atom stereocenters. The van der Waals surface area contributed by atoms with Gasteiger partial charge in [0.05, 0.1) is 19.2 Å². The third-order valence-electron chi connectivity index (χ3n) is 3.39. The highest BCUT2D eigenvalue weighted by Crippen LogP contribution is 2.18. The molecular weight excluding hydrogens is 266 g/mol. The van der Waals surface area contributed by atoms with E-state index in [-0.39, 0.29) is 37.7 Å². The molecule has 8 heteroatoms. The van der Waals surface area contributed by atoms with Gasteiger partial charge >= 0.3 is 6.03 Å². The second kappa shape index (κ2) is 4.86. The summed E-state index contributed by atoms with van der Waals surface area (Å²) in [5.41, 5.74) is -1.00. The van der Waals surface area contributed by atoms with Gasteiger partial charge in [0.15, 0.2) is 0 Å². The Kier molecular flexibility index (Phi) is 3.51. The largest absolute Gasteiger partial charge is 0.389 e. The van der Waals surface area contributed by atoms with Crippen LogP contribution in [0.3, 0.4) is 0 Å². The topological polar surface area (TPSA) is 107 Å². The van der Waals surface area contributed by atoms with Gasteiger partial charge in [0.2, 0.25) is 11.8 Å². The number of β-amino-alcohol motifs (C(OH)–C–C–N with tert-alkyl or cyclic N) is 1. The lowest BCUT2D eigenvalue weighted by Gasteiger charge is -2.22. The van der Waals surface area contributed by atoms with Crippen molar-refractivity contribution in [1.29, 1.82) is 0 Å². The van der Waals surface area contributed by atoms with Gasteiger partial charge in [-0.05, 0) is 13.8 Å². The van der Waals surface area contributed by atoms with Crippen molar-refractivity contribution in [3.05, 3.63) is 0 Å². The van der Waals surface area contributed by atoms with Crippen LogP contribution in [0.25, 0.3) is 0 Å². The number of carbonyl (C=O) groups excluding carboxylic acids is 4. The number of hydrogen-bond acceptors (Lipinski definition) is 5. The molecule has 2 aliphatic rings. The van der Waals surface area contributed by atoms with Crippen LogP contribution >= 0.6 is 0 Å². The molecule has 2 rings (SSSR count). The summed E-state index contributed by atoms with van der Waals surface area (Å²) in [4.78, 5) is 48.3. The first-order valence-electron chi connectivity index (χ1n) is 6.38. The Labute approximate surface area is 115 Å². The summed E-state index contributed by atoms with van der Waals surface area (Å²) in [5.74, 6) is -1.13. The zero-order chi connectivity index (χ0) is 15.1. The molecule has 0 aromatic carbocycles. The van der Waals surface area contributed by atoms with E-state index in [2.05, 4.69) is 5.32 Å². The minimum Gasteiger partial charge on any atom is -0.389 e. The van der Waals surface area contributed by atoms with Gasteiger partial charge in [-0.2, -0.15) is 0 Å². The lowest BCUT2D eigenvalue weighted by atomic mass is 10.1. The lowest BCUT2D eigenvalue weighted by Crippen LogP contribution is -2.45. The van der Waals surface area contributed by atoms with Crippen molar-refractivity contribution >= 4 is 23.8 Å². The summed E-state index contributed by atoms with van der Waals surface area (Å²) >= 11 is 0. The second-order valence-electron chi connectivity index (χ2n) is 5.52. The molecule has 2 heterocycles.